The van der Waals surface area contributed by atoms with Crippen molar-refractivity contribution in [2.45, 2.75) is 189 Å². The molecule has 0 saturated carbocycles. The summed E-state index contributed by atoms with van der Waals surface area (Å²) in [7, 11) is -14.7. The van der Waals surface area contributed by atoms with Gasteiger partial charge in [0.1, 0.15) is 74.0 Å². The minimum atomic E-state index is -3.72. The van der Waals surface area contributed by atoms with Gasteiger partial charge in [-0.15, -0.1) is 11.6 Å². The number of sulfone groups is 4. The van der Waals surface area contributed by atoms with Crippen LogP contribution in [0.2, 0.25) is 15.1 Å². The minimum Gasteiger partial charge on any atom is -1.00 e. The van der Waals surface area contributed by atoms with E-state index in [9.17, 15) is 58.6 Å². The van der Waals surface area contributed by atoms with Crippen LogP contribution < -0.4 is 163 Å². The van der Waals surface area contributed by atoms with Gasteiger partial charge in [0.15, 0.2) is 51.0 Å². The normalized spacial score (nSPS) is 12.0. The van der Waals surface area contributed by atoms with Crippen molar-refractivity contribution in [3.8, 4) is 23.0 Å². The predicted molar refractivity (Wildman–Crippen MR) is 442 cm³/mol. The van der Waals surface area contributed by atoms with Crippen LogP contribution in [0.15, 0.2) is 117 Å². The number of aromatic hydroxyl groups is 1. The Morgan fingerprint density at radius 3 is 1.13 bits per heavy atom. The second-order valence-corrected chi connectivity index (χ2v) is 41.3. The molecule has 0 fully saturated rings. The topological polar surface area (TPSA) is 455 Å². The number of hydrogen-bond donors (Lipinski definition) is 7. The van der Waals surface area contributed by atoms with Gasteiger partial charge in [-0.05, 0) is 187 Å². The monoisotopic (exact) mass is 1820 g/mol. The zero-order valence-corrected chi connectivity index (χ0v) is 83.7. The average Bonchev–Trinajstić information content (AvgIpc) is 0.776. The third kappa shape index (κ3) is 30.1. The molecule has 2 unspecified atom stereocenters. The number of nitrogens with two attached hydrogens (primary N) is 1. The number of carbonyl (C=O) groups excluding carboxylic acids is 3. The minimum absolute atomic E-state index is 0. The zero-order valence-electron chi connectivity index (χ0n) is 71.2. The van der Waals surface area contributed by atoms with E-state index < -0.39 is 70.5 Å². The number of carbonyl (C=O) groups is 3. The molecule has 41 heteroatoms. The molecule has 0 spiro atoms. The molecule has 116 heavy (non-hydrogen) atoms. The number of pyridine rings is 4. The maximum Gasteiger partial charge on any atom is 1.00 e. The number of aliphatic hydroxyl groups excluding tert-OH is 2. The molecule has 0 bridgehead atoms. The molecule has 0 amide bonds. The first-order valence-corrected chi connectivity index (χ1v) is 41.6. The Morgan fingerprint density at radius 2 is 0.845 bits per heavy atom. The molecule has 4 aromatic carbocycles. The van der Waals surface area contributed by atoms with E-state index in [2.05, 4.69) is 50.5 Å². The van der Waals surface area contributed by atoms with E-state index in [1.165, 1.54) is 56.6 Å². The molecule has 0 aliphatic rings. The van der Waals surface area contributed by atoms with Crippen LogP contribution >= 0.6 is 46.4 Å². The quantitative estimate of drug-likeness (QED) is 0.0221. The van der Waals surface area contributed by atoms with Gasteiger partial charge in [0.05, 0.1) is 79.9 Å². The summed E-state index contributed by atoms with van der Waals surface area (Å²) in [4.78, 5) is 48.9. The standard InChI is InChI=1S/C21H28N4O4S.C16H20ClNO4S.C16H18ClNO4S.C13H14ClNO3S.C5H9N3.C3H5ClO.CH2O3.B.2K.Na.2H/c1-12(26)11-29-18-10-17-15(9-19(18)30(27,28)21(4,5)6)16(7-8-22-17)23-20-13(2)14(3)24-25-20;2*1-10(19)9-22-14-8-13-11(12(17)5-6-18-13)7-15(14)23(20,21)16(2,3)4;1-13(2,3)19(17,18)12-6-8-9(14)4-5-15-10(8)7-11(12)16;1-3-4(2)7-8-5(3)6;1-3(5)2-4;2-1-4-3;;;;;;/h7-10,12,26H,11H2,1-6H3,(H2,22,23,24,25);5-8,10,19H,9H2,1-4H3;5-8H,9H2,1-4H3;4-7,16H,1-3H3;1-2H3,(H3,6,7,8);2H2,1H3;1,3H;;;;;;/q;;;;;;;;3*+1;2*-1/p-1. The summed E-state index contributed by atoms with van der Waals surface area (Å²) in [6.45, 7) is 32.6. The Balaban J connectivity index is -0.00000139. The van der Waals surface area contributed by atoms with Crippen molar-refractivity contribution in [2.24, 2.45) is 0 Å². The number of aromatic amines is 2. The number of Topliss-reactive ketones (excluding diaryl/α,β-unsaturated/α-hetero) is 2. The van der Waals surface area contributed by atoms with Crippen LogP contribution in [0, 0.1) is 27.7 Å². The van der Waals surface area contributed by atoms with Crippen LogP contribution in [-0.2, 0) is 58.6 Å². The van der Waals surface area contributed by atoms with Gasteiger partial charge in [0.2, 0.25) is 0 Å². The van der Waals surface area contributed by atoms with Crippen molar-refractivity contribution in [3.63, 3.8) is 0 Å². The molecule has 0 saturated heterocycles. The number of ether oxygens (including phenoxy) is 3. The number of hydrogen-bond acceptors (Lipinski definition) is 27. The number of H-pyrrole nitrogens is 2. The number of phenols is 1. The molecule has 2 atom stereocenters. The molecule has 29 nitrogen and oxygen atoms in total. The van der Waals surface area contributed by atoms with Crippen LogP contribution in [0.25, 0.3) is 43.6 Å². The summed E-state index contributed by atoms with van der Waals surface area (Å²) in [5.41, 5.74) is 12.1. The van der Waals surface area contributed by atoms with Gasteiger partial charge < -0.3 is 53.6 Å². The number of aliphatic hydroxyl groups is 2. The van der Waals surface area contributed by atoms with E-state index >= 15 is 0 Å². The number of anilines is 3. The van der Waals surface area contributed by atoms with E-state index in [0.29, 0.717) is 76.0 Å². The number of fused-ring (bicyclic) bond motifs is 4. The number of nitrogen functional groups attached to an aromatic ring is 1. The predicted octanol–water partition coefficient (Wildman–Crippen LogP) is 4.18. The molecule has 0 aliphatic carbocycles. The van der Waals surface area contributed by atoms with E-state index in [1.54, 1.807) is 152 Å². The number of nitrogens with zero attached hydrogens (tertiary/aromatic N) is 6. The molecular weight excluding hydrogens is 1730 g/mol. The number of aromatic nitrogens is 8. The second kappa shape index (κ2) is 47.4. The fraction of sp³-hybridized carbons (Fsp3) is 0.400. The Labute approximate surface area is 809 Å². The van der Waals surface area contributed by atoms with Gasteiger partial charge >= 0.3 is 132 Å². The van der Waals surface area contributed by atoms with E-state index in [0.717, 1.165) is 22.5 Å². The molecule has 619 valence electrons. The molecule has 10 rings (SSSR count). The van der Waals surface area contributed by atoms with Crippen LogP contribution in [-0.4, -0.2) is 173 Å². The number of alkyl halides is 1. The summed E-state index contributed by atoms with van der Waals surface area (Å²) < 4.78 is 115. The van der Waals surface area contributed by atoms with Gasteiger partial charge in [-0.2, -0.15) is 10.2 Å². The second-order valence-electron chi connectivity index (χ2n) is 29.1. The van der Waals surface area contributed by atoms with E-state index in [4.69, 9.17) is 76.4 Å². The van der Waals surface area contributed by atoms with Gasteiger partial charge in [-0.25, -0.2) is 33.7 Å². The Kier molecular flexibility index (Phi) is 45.6. The van der Waals surface area contributed by atoms with Crippen LogP contribution in [0.5, 0.6) is 23.0 Å². The first-order valence-electron chi connectivity index (χ1n) is 34.0. The maximum atomic E-state index is 13.3. The Bertz CT molecular complexity index is 5510. The summed E-state index contributed by atoms with van der Waals surface area (Å²) >= 11 is 23.3. The number of benzene rings is 4. The Hall–Kier alpha value is -4.27. The number of ketones is 2. The number of phenolic OH excluding ortho intramolecular Hbond substituents is 1. The third-order valence-electron chi connectivity index (χ3n) is 15.9. The van der Waals surface area contributed by atoms with Crippen LogP contribution in [0.3, 0.4) is 0 Å². The van der Waals surface area contributed by atoms with E-state index in [-0.39, 0.29) is 230 Å². The van der Waals surface area contributed by atoms with Crippen molar-refractivity contribution >= 4 is 173 Å². The summed E-state index contributed by atoms with van der Waals surface area (Å²) in [6.07, 6.45) is 4.75. The zero-order chi connectivity index (χ0) is 85.4. The molecular formula is C75H97BCl4K2N10NaO19S4. The molecule has 8 N–H and O–H groups in total. The van der Waals surface area contributed by atoms with Crippen molar-refractivity contribution < 1.29 is 223 Å². The van der Waals surface area contributed by atoms with Gasteiger partial charge in [0.25, 0.3) is 6.47 Å². The molecule has 6 aromatic heterocycles. The summed E-state index contributed by atoms with van der Waals surface area (Å²) in [5, 5.41) is 57.8. The summed E-state index contributed by atoms with van der Waals surface area (Å²) in [6, 6.07) is 18.4. The largest absolute Gasteiger partial charge is 1.00 e. The van der Waals surface area contributed by atoms with Gasteiger partial charge in [0, 0.05) is 102 Å². The molecule has 10 aromatic rings. The Morgan fingerprint density at radius 1 is 0.543 bits per heavy atom. The number of nitrogens with one attached hydrogen (secondary N) is 3. The first kappa shape index (κ1) is 112. The molecule has 6 heterocycles. The third-order valence-corrected chi connectivity index (χ3v) is 27.3. The van der Waals surface area contributed by atoms with Gasteiger partial charge in [-0.3, -0.25) is 44.5 Å². The van der Waals surface area contributed by atoms with Crippen molar-refractivity contribution in [2.75, 3.05) is 36.8 Å². The average molecular weight is 1820 g/mol. The smallest absolute Gasteiger partial charge is 1.00 e. The van der Waals surface area contributed by atoms with Crippen molar-refractivity contribution in [1.29, 1.82) is 0 Å². The molecule has 3 radical (unpaired) electrons. The van der Waals surface area contributed by atoms with Crippen LogP contribution in [0.1, 0.15) is 136 Å². The fourth-order valence-electron chi connectivity index (χ4n) is 8.97. The van der Waals surface area contributed by atoms with Gasteiger partial charge in [-0.1, -0.05) is 34.8 Å². The van der Waals surface area contributed by atoms with Crippen molar-refractivity contribution in [1.82, 2.24) is 40.3 Å². The fourth-order valence-corrected chi connectivity index (χ4v) is 14.8. The number of halogens is 4. The number of aryl methyl sites for hydroxylation is 2. The van der Waals surface area contributed by atoms with E-state index in [1.807, 2.05) is 27.7 Å². The van der Waals surface area contributed by atoms with Crippen LogP contribution in [0.4, 0.5) is 17.3 Å². The first-order chi connectivity index (χ1) is 51.5. The SMILES string of the molecule is CC(=O)CCl.CC(=O)COc1cc2nccc(Cl)c2cc1S(=O)(=O)C(C)(C)C.CC(C)(C)S(=O)(=O)c1cc2c(Cl)ccnc2cc1O.CC(O)COc1cc2nccc(Cl)c2cc1S(=O)(=O)C(C)(C)C.Cc1[nH]nc(N)c1C.Cc1[nH]nc(Nc2ccnc3cc(OCC(C)O)c(S(=O)(=O)C(C)(C)C)cc23)c1C.O=CO[O-].[B].[H-].[H-].[K+].[K+].[Na+]. The van der Waals surface area contributed by atoms with Crippen molar-refractivity contribution in [3.05, 3.63) is 135 Å². The number of rotatable bonds is 17. The summed E-state index contributed by atoms with van der Waals surface area (Å²) in [5.74, 6) is 1.36. The molecule has 0 aliphatic heterocycles. The maximum absolute atomic E-state index is 13.3.